The van der Waals surface area contributed by atoms with Gasteiger partial charge in [-0.05, 0) is 34.5 Å². The van der Waals surface area contributed by atoms with E-state index in [1.807, 2.05) is 29.2 Å². The highest BCUT2D eigenvalue weighted by molar-refractivity contribution is 5.91. The molecule has 0 radical (unpaired) electrons. The summed E-state index contributed by atoms with van der Waals surface area (Å²) in [6.45, 7) is 3.86. The molecule has 2 amide bonds. The van der Waals surface area contributed by atoms with Crippen LogP contribution in [0.15, 0.2) is 54.6 Å². The molecule has 7 nitrogen and oxygen atoms in total. The lowest BCUT2D eigenvalue weighted by atomic mass is 9.98. The lowest BCUT2D eigenvalue weighted by molar-refractivity contribution is -0.138. The van der Waals surface area contributed by atoms with Gasteiger partial charge in [-0.1, -0.05) is 36.4 Å². The lowest BCUT2D eigenvalue weighted by Gasteiger charge is -2.39. The van der Waals surface area contributed by atoms with Crippen molar-refractivity contribution >= 4 is 22.6 Å². The van der Waals surface area contributed by atoms with Crippen molar-refractivity contribution in [3.8, 4) is 11.8 Å². The Bertz CT molecular complexity index is 1310. The Labute approximate surface area is 210 Å². The minimum atomic E-state index is -0.638. The number of methoxy groups -OCH3 is 1. The Balaban J connectivity index is 1.68. The van der Waals surface area contributed by atoms with Crippen LogP contribution in [0.1, 0.15) is 29.7 Å². The quantitative estimate of drug-likeness (QED) is 0.529. The first-order valence-corrected chi connectivity index (χ1v) is 11.8. The summed E-state index contributed by atoms with van der Waals surface area (Å²) in [7, 11) is 3.24. The van der Waals surface area contributed by atoms with Gasteiger partial charge in [0.2, 0.25) is 11.8 Å². The monoisotopic (exact) mass is 488 g/mol. The molecule has 0 N–H and O–H groups in total. The number of hydrogen-bond donors (Lipinski definition) is 0. The molecule has 0 aliphatic carbocycles. The molecule has 3 aromatic carbocycles. The maximum atomic E-state index is 13.9. The van der Waals surface area contributed by atoms with E-state index in [0.29, 0.717) is 43.1 Å². The number of carbonyl (C=O) groups is 2. The number of rotatable bonds is 6. The van der Waals surface area contributed by atoms with E-state index in [0.717, 1.165) is 16.3 Å². The van der Waals surface area contributed by atoms with E-state index in [-0.39, 0.29) is 24.2 Å². The average Bonchev–Trinajstić information content (AvgIpc) is 2.89. The van der Waals surface area contributed by atoms with Gasteiger partial charge in [0.15, 0.2) is 0 Å². The van der Waals surface area contributed by atoms with E-state index in [2.05, 4.69) is 6.07 Å². The highest BCUT2D eigenvalue weighted by Crippen LogP contribution is 2.34. The third kappa shape index (κ3) is 5.02. The summed E-state index contributed by atoms with van der Waals surface area (Å²) in [6, 6.07) is 17.0. The summed E-state index contributed by atoms with van der Waals surface area (Å²) >= 11 is 0. The Morgan fingerprint density at radius 2 is 1.78 bits per heavy atom. The number of halogens is 1. The van der Waals surface area contributed by atoms with E-state index >= 15 is 0 Å². The molecular weight excluding hydrogens is 459 g/mol. The van der Waals surface area contributed by atoms with Crippen LogP contribution < -0.4 is 4.74 Å². The SMILES string of the molecule is COc1c(C#N)cc2ccccc2c1CN(C)C(=O)C(c1ccc(F)cc1)N1CCN(C(C)=O)CC1. The van der Waals surface area contributed by atoms with E-state index in [1.54, 1.807) is 42.0 Å². The molecule has 1 unspecified atom stereocenters. The zero-order valence-corrected chi connectivity index (χ0v) is 20.7. The van der Waals surface area contributed by atoms with Crippen LogP contribution in [0, 0.1) is 17.1 Å². The normalized spacial score (nSPS) is 14.8. The summed E-state index contributed by atoms with van der Waals surface area (Å²) in [6.07, 6.45) is 0. The van der Waals surface area contributed by atoms with Gasteiger partial charge in [0, 0.05) is 52.3 Å². The summed E-state index contributed by atoms with van der Waals surface area (Å²) in [5.74, 6) is -0.0763. The lowest BCUT2D eigenvalue weighted by Crippen LogP contribution is -2.52. The van der Waals surface area contributed by atoms with E-state index in [4.69, 9.17) is 4.74 Å². The zero-order valence-electron chi connectivity index (χ0n) is 20.7. The van der Waals surface area contributed by atoms with Crippen molar-refractivity contribution in [2.45, 2.75) is 19.5 Å². The molecule has 0 spiro atoms. The molecule has 36 heavy (non-hydrogen) atoms. The molecule has 1 saturated heterocycles. The van der Waals surface area contributed by atoms with Crippen LogP contribution in [-0.2, 0) is 16.1 Å². The second-order valence-electron chi connectivity index (χ2n) is 8.96. The standard InChI is InChI=1S/C28H29FN4O3/c1-19(34)32-12-14-33(15-13-32)26(20-8-10-23(29)11-9-20)28(35)31(2)18-25-24-7-5-4-6-21(24)16-22(17-30)27(25)36-3/h4-11,16,26H,12-15,18H2,1-3H3. The van der Waals surface area contributed by atoms with E-state index < -0.39 is 6.04 Å². The number of hydrogen-bond acceptors (Lipinski definition) is 5. The van der Waals surface area contributed by atoms with Gasteiger partial charge in [-0.25, -0.2) is 4.39 Å². The minimum Gasteiger partial charge on any atom is -0.495 e. The maximum Gasteiger partial charge on any atom is 0.244 e. The van der Waals surface area contributed by atoms with Crippen LogP contribution in [0.4, 0.5) is 4.39 Å². The molecule has 4 rings (SSSR count). The summed E-state index contributed by atoms with van der Waals surface area (Å²) < 4.78 is 19.3. The molecule has 3 aromatic rings. The predicted molar refractivity (Wildman–Crippen MR) is 135 cm³/mol. The maximum absolute atomic E-state index is 13.9. The van der Waals surface area contributed by atoms with Gasteiger partial charge in [0.05, 0.1) is 12.7 Å². The number of ether oxygens (including phenoxy) is 1. The molecule has 0 saturated carbocycles. The third-order valence-corrected chi connectivity index (χ3v) is 6.74. The first kappa shape index (κ1) is 25.1. The number of nitriles is 1. The van der Waals surface area contributed by atoms with E-state index in [1.165, 1.54) is 19.2 Å². The fourth-order valence-electron chi connectivity index (χ4n) is 4.85. The zero-order chi connectivity index (χ0) is 25.8. The summed E-state index contributed by atoms with van der Waals surface area (Å²) in [4.78, 5) is 31.2. The molecule has 1 aliphatic rings. The summed E-state index contributed by atoms with van der Waals surface area (Å²) in [5, 5.41) is 11.5. The van der Waals surface area contributed by atoms with Crippen molar-refractivity contribution in [2.24, 2.45) is 0 Å². The van der Waals surface area contributed by atoms with Crippen LogP contribution in [0.25, 0.3) is 10.8 Å². The Hall–Kier alpha value is -3.96. The van der Waals surface area contributed by atoms with Crippen LogP contribution in [0.3, 0.4) is 0 Å². The largest absolute Gasteiger partial charge is 0.495 e. The van der Waals surface area contributed by atoms with Gasteiger partial charge in [0.1, 0.15) is 23.7 Å². The molecule has 1 aliphatic heterocycles. The van der Waals surface area contributed by atoms with Gasteiger partial charge in [-0.15, -0.1) is 0 Å². The van der Waals surface area contributed by atoms with Crippen molar-refractivity contribution in [1.82, 2.24) is 14.7 Å². The Morgan fingerprint density at radius 1 is 1.11 bits per heavy atom. The van der Waals surface area contributed by atoms with Crippen molar-refractivity contribution in [3.05, 3.63) is 77.1 Å². The minimum absolute atomic E-state index is 0.00720. The topological polar surface area (TPSA) is 76.9 Å². The van der Waals surface area contributed by atoms with Gasteiger partial charge in [-0.2, -0.15) is 5.26 Å². The second kappa shape index (κ2) is 10.8. The summed E-state index contributed by atoms with van der Waals surface area (Å²) in [5.41, 5.74) is 1.84. The molecular formula is C28H29FN4O3. The number of likely N-dealkylation sites (N-methyl/N-ethyl adjacent to an activating group) is 1. The number of carbonyl (C=O) groups excluding carboxylic acids is 2. The van der Waals surface area contributed by atoms with Crippen LogP contribution in [0.5, 0.6) is 5.75 Å². The fraction of sp³-hybridized carbons (Fsp3) is 0.321. The molecule has 1 atom stereocenters. The molecule has 1 heterocycles. The van der Waals surface area contributed by atoms with Gasteiger partial charge in [0.25, 0.3) is 0 Å². The Morgan fingerprint density at radius 3 is 2.39 bits per heavy atom. The van der Waals surface area contributed by atoms with Gasteiger partial charge < -0.3 is 14.5 Å². The fourth-order valence-corrected chi connectivity index (χ4v) is 4.85. The molecule has 8 heteroatoms. The number of nitrogens with zero attached hydrogens (tertiary/aromatic N) is 4. The van der Waals surface area contributed by atoms with Crippen molar-refractivity contribution in [3.63, 3.8) is 0 Å². The van der Waals surface area contributed by atoms with Gasteiger partial charge in [-0.3, -0.25) is 14.5 Å². The second-order valence-corrected chi connectivity index (χ2v) is 8.96. The average molecular weight is 489 g/mol. The van der Waals surface area contributed by atoms with Crippen molar-refractivity contribution in [2.75, 3.05) is 40.3 Å². The van der Waals surface area contributed by atoms with Crippen molar-refractivity contribution in [1.29, 1.82) is 5.26 Å². The van der Waals surface area contributed by atoms with Crippen LogP contribution in [-0.4, -0.2) is 66.9 Å². The third-order valence-electron chi connectivity index (χ3n) is 6.74. The first-order chi connectivity index (χ1) is 17.3. The van der Waals surface area contributed by atoms with Crippen LogP contribution >= 0.6 is 0 Å². The molecule has 0 bridgehead atoms. The molecule has 1 fully saturated rings. The molecule has 0 aromatic heterocycles. The van der Waals surface area contributed by atoms with Crippen molar-refractivity contribution < 1.29 is 18.7 Å². The smallest absolute Gasteiger partial charge is 0.244 e. The highest BCUT2D eigenvalue weighted by Gasteiger charge is 2.33. The highest BCUT2D eigenvalue weighted by atomic mass is 19.1. The van der Waals surface area contributed by atoms with Gasteiger partial charge >= 0.3 is 0 Å². The first-order valence-electron chi connectivity index (χ1n) is 11.8. The predicted octanol–water partition coefficient (Wildman–Crippen LogP) is 3.72. The number of benzene rings is 3. The number of fused-ring (bicyclic) bond motifs is 1. The number of amides is 2. The number of piperazine rings is 1. The van der Waals surface area contributed by atoms with E-state index in [9.17, 15) is 19.2 Å². The Kier molecular flexibility index (Phi) is 7.51. The molecule has 186 valence electrons. The van der Waals surface area contributed by atoms with Crippen LogP contribution in [0.2, 0.25) is 0 Å².